The Labute approximate surface area is 137 Å². The maximum absolute atomic E-state index is 12.7. The summed E-state index contributed by atoms with van der Waals surface area (Å²) in [6, 6.07) is 19.2. The van der Waals surface area contributed by atoms with Crippen LogP contribution in [0, 0.1) is 0 Å². The minimum absolute atomic E-state index is 0.126. The molecule has 0 spiro atoms. The van der Waals surface area contributed by atoms with Crippen molar-refractivity contribution in [1.82, 2.24) is 5.32 Å². The Morgan fingerprint density at radius 1 is 1.00 bits per heavy atom. The molecule has 4 nitrogen and oxygen atoms in total. The van der Waals surface area contributed by atoms with E-state index < -0.39 is 0 Å². The van der Waals surface area contributed by atoms with E-state index in [1.807, 2.05) is 60.7 Å². The first-order valence-electron chi connectivity index (χ1n) is 8.14. The zero-order chi connectivity index (χ0) is 15.9. The van der Waals surface area contributed by atoms with Gasteiger partial charge in [0.05, 0.1) is 17.5 Å². The van der Waals surface area contributed by atoms with Crippen molar-refractivity contribution >= 4 is 17.4 Å². The van der Waals surface area contributed by atoms with E-state index in [0.29, 0.717) is 6.54 Å². The van der Waals surface area contributed by atoms with Crippen molar-refractivity contribution in [2.45, 2.75) is 25.4 Å². The molecule has 120 valence electrons. The molecule has 1 heterocycles. The summed E-state index contributed by atoms with van der Waals surface area (Å²) in [5.41, 5.74) is 1.70. The van der Waals surface area contributed by atoms with Crippen LogP contribution in [0.1, 0.15) is 19.3 Å². The molecule has 1 aliphatic rings. The van der Waals surface area contributed by atoms with Crippen LogP contribution in [-0.4, -0.2) is 25.3 Å². The molecule has 2 amide bonds. The summed E-state index contributed by atoms with van der Waals surface area (Å²) in [5, 5.41) is 3.01. The van der Waals surface area contributed by atoms with Crippen LogP contribution in [0.25, 0.3) is 0 Å². The van der Waals surface area contributed by atoms with Crippen LogP contribution in [0.3, 0.4) is 0 Å². The SMILES string of the molecule is O=C(NCC1CCCCO1)N(c1ccccc1)c1ccccc1. The van der Waals surface area contributed by atoms with Gasteiger partial charge in [0.1, 0.15) is 0 Å². The van der Waals surface area contributed by atoms with Gasteiger partial charge in [-0.2, -0.15) is 0 Å². The maximum atomic E-state index is 12.7. The zero-order valence-corrected chi connectivity index (χ0v) is 13.2. The van der Waals surface area contributed by atoms with Gasteiger partial charge < -0.3 is 10.1 Å². The standard InChI is InChI=1S/C19H22N2O2/c22-19(20-15-18-13-7-8-14-23-18)21(16-9-3-1-4-10-16)17-11-5-2-6-12-17/h1-6,9-12,18H,7-8,13-15H2,(H,20,22). The lowest BCUT2D eigenvalue weighted by molar-refractivity contribution is 0.0186. The smallest absolute Gasteiger partial charge is 0.326 e. The van der Waals surface area contributed by atoms with E-state index in [-0.39, 0.29) is 12.1 Å². The summed E-state index contributed by atoms with van der Waals surface area (Å²) in [6.45, 7) is 1.34. The van der Waals surface area contributed by atoms with E-state index in [9.17, 15) is 4.79 Å². The zero-order valence-electron chi connectivity index (χ0n) is 13.2. The van der Waals surface area contributed by atoms with Crippen molar-refractivity contribution in [1.29, 1.82) is 0 Å². The van der Waals surface area contributed by atoms with Crippen molar-refractivity contribution in [3.8, 4) is 0 Å². The van der Waals surface area contributed by atoms with Crippen LogP contribution in [0.15, 0.2) is 60.7 Å². The Bertz CT molecular complexity index is 570. The topological polar surface area (TPSA) is 41.6 Å². The number of hydrogen-bond donors (Lipinski definition) is 1. The number of carbonyl (C=O) groups is 1. The molecule has 0 saturated carbocycles. The number of urea groups is 1. The molecular formula is C19H22N2O2. The highest BCUT2D eigenvalue weighted by molar-refractivity contribution is 5.99. The Balaban J connectivity index is 1.74. The highest BCUT2D eigenvalue weighted by atomic mass is 16.5. The number of nitrogens with zero attached hydrogens (tertiary/aromatic N) is 1. The van der Waals surface area contributed by atoms with Crippen molar-refractivity contribution < 1.29 is 9.53 Å². The Morgan fingerprint density at radius 2 is 1.61 bits per heavy atom. The minimum Gasteiger partial charge on any atom is -0.376 e. The largest absolute Gasteiger partial charge is 0.376 e. The average molecular weight is 310 g/mol. The summed E-state index contributed by atoms with van der Waals surface area (Å²) >= 11 is 0. The van der Waals surface area contributed by atoms with Crippen LogP contribution in [0.4, 0.5) is 16.2 Å². The molecule has 4 heteroatoms. The van der Waals surface area contributed by atoms with Gasteiger partial charge >= 0.3 is 6.03 Å². The third-order valence-corrected chi connectivity index (χ3v) is 3.99. The van der Waals surface area contributed by atoms with Crippen LogP contribution in [-0.2, 0) is 4.74 Å². The average Bonchev–Trinajstić information content (AvgIpc) is 2.63. The van der Waals surface area contributed by atoms with Crippen molar-refractivity contribution in [3.63, 3.8) is 0 Å². The van der Waals surface area contributed by atoms with E-state index in [1.165, 1.54) is 6.42 Å². The van der Waals surface area contributed by atoms with Gasteiger partial charge in [0.15, 0.2) is 0 Å². The number of ether oxygens (including phenoxy) is 1. The molecular weight excluding hydrogens is 288 g/mol. The molecule has 1 unspecified atom stereocenters. The number of amides is 2. The lowest BCUT2D eigenvalue weighted by atomic mass is 10.1. The third-order valence-electron chi connectivity index (χ3n) is 3.99. The van der Waals surface area contributed by atoms with Crippen molar-refractivity contribution in [3.05, 3.63) is 60.7 Å². The van der Waals surface area contributed by atoms with Gasteiger partial charge in [-0.25, -0.2) is 4.79 Å². The summed E-state index contributed by atoms with van der Waals surface area (Å²) in [6.07, 6.45) is 3.42. The van der Waals surface area contributed by atoms with E-state index >= 15 is 0 Å². The molecule has 0 bridgehead atoms. The monoisotopic (exact) mass is 310 g/mol. The Hall–Kier alpha value is -2.33. The first-order chi connectivity index (χ1) is 11.3. The number of benzene rings is 2. The van der Waals surface area contributed by atoms with Crippen molar-refractivity contribution in [2.75, 3.05) is 18.1 Å². The van der Waals surface area contributed by atoms with E-state index in [1.54, 1.807) is 4.90 Å². The Morgan fingerprint density at radius 3 is 2.13 bits per heavy atom. The lowest BCUT2D eigenvalue weighted by Crippen LogP contribution is -2.42. The van der Waals surface area contributed by atoms with E-state index in [4.69, 9.17) is 4.74 Å². The van der Waals surface area contributed by atoms with Crippen LogP contribution < -0.4 is 10.2 Å². The van der Waals surface area contributed by atoms with Crippen molar-refractivity contribution in [2.24, 2.45) is 0 Å². The number of hydrogen-bond acceptors (Lipinski definition) is 2. The highest BCUT2D eigenvalue weighted by Crippen LogP contribution is 2.25. The lowest BCUT2D eigenvalue weighted by Gasteiger charge is -2.26. The fraction of sp³-hybridized carbons (Fsp3) is 0.316. The molecule has 1 fully saturated rings. The summed E-state index contributed by atoms with van der Waals surface area (Å²) in [4.78, 5) is 14.4. The van der Waals surface area contributed by atoms with Gasteiger partial charge in [-0.3, -0.25) is 4.90 Å². The third kappa shape index (κ3) is 4.11. The molecule has 0 aromatic heterocycles. The first kappa shape index (κ1) is 15.6. The second-order valence-electron chi connectivity index (χ2n) is 5.68. The van der Waals surface area contributed by atoms with E-state index in [2.05, 4.69) is 5.32 Å². The molecule has 1 atom stereocenters. The Kier molecular flexibility index (Phi) is 5.27. The predicted molar refractivity (Wildman–Crippen MR) is 92.0 cm³/mol. The minimum atomic E-state index is -0.128. The first-order valence-corrected chi connectivity index (χ1v) is 8.14. The molecule has 2 aromatic carbocycles. The van der Waals surface area contributed by atoms with Gasteiger partial charge in [-0.15, -0.1) is 0 Å². The molecule has 0 aliphatic carbocycles. The number of rotatable bonds is 4. The number of nitrogens with one attached hydrogen (secondary N) is 1. The van der Waals surface area contributed by atoms with Crippen LogP contribution in [0.2, 0.25) is 0 Å². The fourth-order valence-electron chi connectivity index (χ4n) is 2.79. The number of anilines is 2. The van der Waals surface area contributed by atoms with Gasteiger partial charge in [-0.1, -0.05) is 36.4 Å². The number of carbonyl (C=O) groups excluding carboxylic acids is 1. The molecule has 1 saturated heterocycles. The highest BCUT2D eigenvalue weighted by Gasteiger charge is 2.20. The second kappa shape index (κ2) is 7.79. The van der Waals surface area contributed by atoms with Gasteiger partial charge in [-0.05, 0) is 43.5 Å². The second-order valence-corrected chi connectivity index (χ2v) is 5.68. The predicted octanol–water partition coefficient (Wildman–Crippen LogP) is 4.10. The van der Waals surface area contributed by atoms with Crippen LogP contribution in [0.5, 0.6) is 0 Å². The molecule has 1 N–H and O–H groups in total. The summed E-state index contributed by atoms with van der Waals surface area (Å²) in [5.74, 6) is 0. The summed E-state index contributed by atoms with van der Waals surface area (Å²) in [7, 11) is 0. The molecule has 23 heavy (non-hydrogen) atoms. The van der Waals surface area contributed by atoms with Gasteiger partial charge in [0.25, 0.3) is 0 Å². The quantitative estimate of drug-likeness (QED) is 0.923. The molecule has 0 radical (unpaired) electrons. The number of para-hydroxylation sites is 2. The fourth-order valence-corrected chi connectivity index (χ4v) is 2.79. The molecule has 3 rings (SSSR count). The van der Waals surface area contributed by atoms with Gasteiger partial charge in [0, 0.05) is 13.2 Å². The van der Waals surface area contributed by atoms with E-state index in [0.717, 1.165) is 30.8 Å². The summed E-state index contributed by atoms with van der Waals surface area (Å²) < 4.78 is 5.69. The van der Waals surface area contributed by atoms with Gasteiger partial charge in [0.2, 0.25) is 0 Å². The molecule has 2 aromatic rings. The normalized spacial score (nSPS) is 17.5. The maximum Gasteiger partial charge on any atom is 0.326 e. The van der Waals surface area contributed by atoms with Crippen LogP contribution >= 0.6 is 0 Å². The molecule has 1 aliphatic heterocycles.